The van der Waals surface area contributed by atoms with E-state index in [9.17, 15) is 4.79 Å². The first-order valence-corrected chi connectivity index (χ1v) is 8.12. The lowest BCUT2D eigenvalue weighted by Gasteiger charge is -2.23. The summed E-state index contributed by atoms with van der Waals surface area (Å²) in [5.74, 6) is 2.56. The first-order valence-electron chi connectivity index (χ1n) is 8.12. The zero-order valence-electron chi connectivity index (χ0n) is 14.3. The molecule has 0 saturated carbocycles. The second-order valence-electron chi connectivity index (χ2n) is 6.07. The van der Waals surface area contributed by atoms with Crippen molar-refractivity contribution in [3.63, 3.8) is 0 Å². The molecule has 1 aliphatic heterocycles. The van der Waals surface area contributed by atoms with E-state index in [1.807, 2.05) is 42.8 Å². The Bertz CT molecular complexity index is 710. The lowest BCUT2D eigenvalue weighted by Crippen LogP contribution is -2.39. The highest BCUT2D eigenvalue weighted by atomic mass is 16.5. The number of likely N-dealkylation sites (tertiary alicyclic amines) is 1. The molecular formula is C17H23N5O2. The third-order valence-electron chi connectivity index (χ3n) is 4.55. The smallest absolute Gasteiger partial charge is 0.241 e. The molecule has 7 nitrogen and oxygen atoms in total. The van der Waals surface area contributed by atoms with Crippen molar-refractivity contribution in [1.29, 1.82) is 0 Å². The molecule has 1 amide bonds. The van der Waals surface area contributed by atoms with E-state index in [2.05, 4.69) is 20.4 Å². The van der Waals surface area contributed by atoms with Gasteiger partial charge in [-0.15, -0.1) is 10.2 Å². The van der Waals surface area contributed by atoms with Gasteiger partial charge in [0.15, 0.2) is 0 Å². The van der Waals surface area contributed by atoms with Crippen molar-refractivity contribution >= 4 is 11.6 Å². The number of anilines is 1. The molecule has 1 fully saturated rings. The molecular weight excluding hydrogens is 306 g/mol. The number of methoxy groups -OCH3 is 1. The minimum atomic E-state index is -0.135. The highest BCUT2D eigenvalue weighted by Gasteiger charge is 2.31. The lowest BCUT2D eigenvalue weighted by molar-refractivity contribution is -0.120. The van der Waals surface area contributed by atoms with E-state index >= 15 is 0 Å². The molecule has 2 heterocycles. The second kappa shape index (κ2) is 7.00. The van der Waals surface area contributed by atoms with Gasteiger partial charge in [-0.1, -0.05) is 0 Å². The van der Waals surface area contributed by atoms with E-state index in [4.69, 9.17) is 4.74 Å². The molecule has 1 aromatic heterocycles. The summed E-state index contributed by atoms with van der Waals surface area (Å²) in [6.07, 6.45) is 1.87. The standard InChI is InChI=1S/C17H23N5O2/c1-12-19-20-16(21(12)2)11-22-10-4-5-15(22)17(23)18-13-6-8-14(24-3)9-7-13/h6-9,15H,4-5,10-11H2,1-3H3,(H,18,23). The summed E-state index contributed by atoms with van der Waals surface area (Å²) >= 11 is 0. The Morgan fingerprint density at radius 2 is 2.08 bits per heavy atom. The zero-order chi connectivity index (χ0) is 17.1. The number of nitrogens with one attached hydrogen (secondary N) is 1. The second-order valence-corrected chi connectivity index (χ2v) is 6.07. The Hall–Kier alpha value is -2.41. The Morgan fingerprint density at radius 1 is 1.33 bits per heavy atom. The monoisotopic (exact) mass is 329 g/mol. The fraction of sp³-hybridized carbons (Fsp3) is 0.471. The van der Waals surface area contributed by atoms with Crippen LogP contribution < -0.4 is 10.1 Å². The number of rotatable bonds is 5. The Morgan fingerprint density at radius 3 is 2.71 bits per heavy atom. The van der Waals surface area contributed by atoms with Crippen LogP contribution in [0.4, 0.5) is 5.69 Å². The predicted molar refractivity (Wildman–Crippen MR) is 90.8 cm³/mol. The van der Waals surface area contributed by atoms with Crippen molar-refractivity contribution in [2.75, 3.05) is 19.0 Å². The average molecular weight is 329 g/mol. The molecule has 0 spiro atoms. The number of carbonyl (C=O) groups excluding carboxylic acids is 1. The molecule has 2 aromatic rings. The van der Waals surface area contributed by atoms with Crippen molar-refractivity contribution in [3.05, 3.63) is 35.9 Å². The Kier molecular flexibility index (Phi) is 4.80. The van der Waals surface area contributed by atoms with Crippen LogP contribution in [0.25, 0.3) is 0 Å². The van der Waals surface area contributed by atoms with Crippen molar-refractivity contribution in [2.45, 2.75) is 32.4 Å². The van der Waals surface area contributed by atoms with Gasteiger partial charge < -0.3 is 14.6 Å². The molecule has 0 bridgehead atoms. The van der Waals surface area contributed by atoms with Gasteiger partial charge in [-0.2, -0.15) is 0 Å². The van der Waals surface area contributed by atoms with Crippen LogP contribution in [-0.2, 0) is 18.4 Å². The number of ether oxygens (including phenoxy) is 1. The number of hydrogen-bond donors (Lipinski definition) is 1. The van der Waals surface area contributed by atoms with E-state index in [0.29, 0.717) is 6.54 Å². The summed E-state index contributed by atoms with van der Waals surface area (Å²) in [5.41, 5.74) is 0.780. The number of aryl methyl sites for hydroxylation is 1. The number of nitrogens with zero attached hydrogens (tertiary/aromatic N) is 4. The van der Waals surface area contributed by atoms with Crippen LogP contribution in [-0.4, -0.2) is 45.3 Å². The van der Waals surface area contributed by atoms with E-state index in [0.717, 1.165) is 42.5 Å². The normalized spacial score (nSPS) is 17.9. The topological polar surface area (TPSA) is 72.3 Å². The molecule has 0 aliphatic carbocycles. The molecule has 0 radical (unpaired) electrons. The van der Waals surface area contributed by atoms with Gasteiger partial charge in [0, 0.05) is 12.7 Å². The van der Waals surface area contributed by atoms with Gasteiger partial charge in [0.1, 0.15) is 17.4 Å². The van der Waals surface area contributed by atoms with Crippen LogP contribution in [0.3, 0.4) is 0 Å². The number of carbonyl (C=O) groups is 1. The fourth-order valence-corrected chi connectivity index (χ4v) is 2.98. The molecule has 1 unspecified atom stereocenters. The van der Waals surface area contributed by atoms with E-state index in [-0.39, 0.29) is 11.9 Å². The molecule has 1 saturated heterocycles. The third kappa shape index (κ3) is 3.41. The Balaban J connectivity index is 1.65. The highest BCUT2D eigenvalue weighted by molar-refractivity contribution is 5.95. The van der Waals surface area contributed by atoms with Gasteiger partial charge in [-0.25, -0.2) is 0 Å². The lowest BCUT2D eigenvalue weighted by atomic mass is 10.2. The minimum Gasteiger partial charge on any atom is -0.497 e. The van der Waals surface area contributed by atoms with Crippen LogP contribution in [0.1, 0.15) is 24.5 Å². The van der Waals surface area contributed by atoms with E-state index < -0.39 is 0 Å². The molecule has 1 aliphatic rings. The molecule has 1 aromatic carbocycles. The Labute approximate surface area is 141 Å². The number of benzene rings is 1. The number of hydrogen-bond acceptors (Lipinski definition) is 5. The quantitative estimate of drug-likeness (QED) is 0.904. The molecule has 1 N–H and O–H groups in total. The number of amides is 1. The van der Waals surface area contributed by atoms with Crippen LogP contribution >= 0.6 is 0 Å². The molecule has 7 heteroatoms. The van der Waals surface area contributed by atoms with Crippen LogP contribution in [0.15, 0.2) is 24.3 Å². The van der Waals surface area contributed by atoms with Crippen LogP contribution in [0.5, 0.6) is 5.75 Å². The fourth-order valence-electron chi connectivity index (χ4n) is 2.98. The summed E-state index contributed by atoms with van der Waals surface area (Å²) in [4.78, 5) is 14.8. The van der Waals surface area contributed by atoms with Gasteiger partial charge in [0.25, 0.3) is 0 Å². The molecule has 128 valence electrons. The van der Waals surface area contributed by atoms with Gasteiger partial charge in [0.05, 0.1) is 19.7 Å². The summed E-state index contributed by atoms with van der Waals surface area (Å²) in [5, 5.41) is 11.3. The van der Waals surface area contributed by atoms with Crippen molar-refractivity contribution in [3.8, 4) is 5.75 Å². The van der Waals surface area contributed by atoms with Crippen molar-refractivity contribution in [2.24, 2.45) is 7.05 Å². The first kappa shape index (κ1) is 16.4. The van der Waals surface area contributed by atoms with Gasteiger partial charge in [-0.05, 0) is 50.6 Å². The molecule has 3 rings (SSSR count). The highest BCUT2D eigenvalue weighted by Crippen LogP contribution is 2.22. The van der Waals surface area contributed by atoms with Gasteiger partial charge in [-0.3, -0.25) is 9.69 Å². The summed E-state index contributed by atoms with van der Waals surface area (Å²) in [6.45, 7) is 3.46. The molecule has 24 heavy (non-hydrogen) atoms. The zero-order valence-corrected chi connectivity index (χ0v) is 14.3. The van der Waals surface area contributed by atoms with E-state index in [1.54, 1.807) is 7.11 Å². The summed E-state index contributed by atoms with van der Waals surface area (Å²) in [7, 11) is 3.57. The number of aromatic nitrogens is 3. The van der Waals surface area contributed by atoms with Crippen molar-refractivity contribution < 1.29 is 9.53 Å². The first-order chi connectivity index (χ1) is 11.6. The predicted octanol–water partition coefficient (Wildman–Crippen LogP) is 1.74. The van der Waals surface area contributed by atoms with Crippen LogP contribution in [0, 0.1) is 6.92 Å². The van der Waals surface area contributed by atoms with Gasteiger partial charge >= 0.3 is 0 Å². The SMILES string of the molecule is COc1ccc(NC(=O)C2CCCN2Cc2nnc(C)n2C)cc1. The maximum absolute atomic E-state index is 12.6. The van der Waals surface area contributed by atoms with Crippen LogP contribution in [0.2, 0.25) is 0 Å². The minimum absolute atomic E-state index is 0.0246. The largest absolute Gasteiger partial charge is 0.497 e. The maximum atomic E-state index is 12.6. The molecule has 1 atom stereocenters. The van der Waals surface area contributed by atoms with Gasteiger partial charge in [0.2, 0.25) is 5.91 Å². The maximum Gasteiger partial charge on any atom is 0.241 e. The summed E-state index contributed by atoms with van der Waals surface area (Å²) < 4.78 is 7.10. The average Bonchev–Trinajstić information content (AvgIpc) is 3.18. The third-order valence-corrected chi connectivity index (χ3v) is 4.55. The van der Waals surface area contributed by atoms with E-state index in [1.165, 1.54) is 0 Å². The summed E-state index contributed by atoms with van der Waals surface area (Å²) in [6, 6.07) is 7.24. The van der Waals surface area contributed by atoms with Crippen molar-refractivity contribution in [1.82, 2.24) is 19.7 Å².